The van der Waals surface area contributed by atoms with Gasteiger partial charge in [0.05, 0.1) is 17.0 Å². The van der Waals surface area contributed by atoms with Gasteiger partial charge < -0.3 is 0 Å². The average molecular weight is 907 g/mol. The van der Waals surface area contributed by atoms with E-state index < -0.39 is 5.41 Å². The summed E-state index contributed by atoms with van der Waals surface area (Å²) < 4.78 is 0. The van der Waals surface area contributed by atoms with E-state index in [2.05, 4.69) is 194 Å². The van der Waals surface area contributed by atoms with Gasteiger partial charge in [0.15, 0.2) is 17.5 Å². The lowest BCUT2D eigenvalue weighted by Gasteiger charge is -2.61. The van der Waals surface area contributed by atoms with E-state index in [1.165, 1.54) is 104 Å². The first-order valence-electron chi connectivity index (χ1n) is 25.6. The summed E-state index contributed by atoms with van der Waals surface area (Å²) in [6, 6.07) is 73.8. The molecular formula is C67H46N4. The Hall–Kier alpha value is -8.26. The van der Waals surface area contributed by atoms with Crippen molar-refractivity contribution in [2.45, 2.75) is 42.9 Å². The van der Waals surface area contributed by atoms with Crippen molar-refractivity contribution in [3.63, 3.8) is 0 Å². The zero-order valence-electron chi connectivity index (χ0n) is 39.1. The summed E-state index contributed by atoms with van der Waals surface area (Å²) in [5, 5.41) is 12.4. The quantitative estimate of drug-likeness (QED) is 0.176. The standard InChI is InChI=1S/C67H46N4/c68-38-39-23-26-53-55-27-24-44(36-61(55)66(60(53)34-39)47-30-40-29-41(32-47)33-48(66)31-40)43-13-9-14-45(35-43)63-69-64(71-65(70-63)56-19-10-12-42-11-1-2-15-49(42)56)46-25-28-54-52-18-5-8-22-59(52)67(62(54)37-46)57-20-6-3-16-50(57)51-17-4-7-21-58(51)67/h1-28,34-37,40-41,47-48H,29-33H2. The lowest BCUT2D eigenvalue weighted by atomic mass is 9.43. The molecule has 1 heterocycles. The van der Waals surface area contributed by atoms with Crippen LogP contribution < -0.4 is 0 Å². The monoisotopic (exact) mass is 906 g/mol. The Bertz CT molecular complexity index is 3910. The van der Waals surface area contributed by atoms with Crippen LogP contribution in [0.25, 0.3) is 89.4 Å². The van der Waals surface area contributed by atoms with Gasteiger partial charge in [0, 0.05) is 22.1 Å². The summed E-state index contributed by atoms with van der Waals surface area (Å²) in [6.07, 6.45) is 6.58. The van der Waals surface area contributed by atoms with Gasteiger partial charge in [-0.1, -0.05) is 164 Å². The molecule has 0 amide bonds. The molecule has 17 rings (SSSR count). The Morgan fingerprint density at radius 3 is 1.51 bits per heavy atom. The second kappa shape index (κ2) is 14.4. The highest BCUT2D eigenvalue weighted by Crippen LogP contribution is 2.70. The van der Waals surface area contributed by atoms with Crippen molar-refractivity contribution >= 4 is 10.8 Å². The predicted molar refractivity (Wildman–Crippen MR) is 283 cm³/mol. The Kier molecular flexibility index (Phi) is 8.03. The van der Waals surface area contributed by atoms with Gasteiger partial charge in [0.2, 0.25) is 0 Å². The van der Waals surface area contributed by atoms with Gasteiger partial charge in [0.25, 0.3) is 0 Å². The molecule has 10 aromatic rings. The molecule has 334 valence electrons. The number of nitrogens with zero attached hydrogens (tertiary/aromatic N) is 4. The van der Waals surface area contributed by atoms with E-state index in [4.69, 9.17) is 15.0 Å². The van der Waals surface area contributed by atoms with E-state index in [0.29, 0.717) is 29.3 Å². The molecule has 0 radical (unpaired) electrons. The van der Waals surface area contributed by atoms with Crippen LogP contribution in [0, 0.1) is 35.0 Å². The summed E-state index contributed by atoms with van der Waals surface area (Å²) in [5.41, 5.74) is 21.3. The van der Waals surface area contributed by atoms with Gasteiger partial charge >= 0.3 is 0 Å². The summed E-state index contributed by atoms with van der Waals surface area (Å²) in [5.74, 6) is 4.82. The lowest BCUT2D eigenvalue weighted by molar-refractivity contribution is -0.0399. The molecule has 0 N–H and O–H groups in total. The van der Waals surface area contributed by atoms with Crippen LogP contribution >= 0.6 is 0 Å². The fourth-order valence-electron chi connectivity index (χ4n) is 15.7. The highest BCUT2D eigenvalue weighted by atomic mass is 15.0. The Balaban J connectivity index is 0.873. The highest BCUT2D eigenvalue weighted by Gasteiger charge is 2.61. The first-order valence-corrected chi connectivity index (χ1v) is 25.6. The molecule has 7 aliphatic rings. The maximum absolute atomic E-state index is 10.2. The first-order chi connectivity index (χ1) is 35.1. The molecule has 0 aliphatic heterocycles. The molecule has 4 nitrogen and oxygen atoms in total. The average Bonchev–Trinajstić information content (AvgIpc) is 4.01. The maximum Gasteiger partial charge on any atom is 0.164 e. The fraction of sp³-hybridized carbons (Fsp3) is 0.164. The molecule has 0 unspecified atom stereocenters. The highest BCUT2D eigenvalue weighted by molar-refractivity contribution is 5.97. The summed E-state index contributed by atoms with van der Waals surface area (Å²) in [7, 11) is 0. The summed E-state index contributed by atoms with van der Waals surface area (Å²) >= 11 is 0. The van der Waals surface area contributed by atoms with Crippen molar-refractivity contribution in [1.82, 2.24) is 15.0 Å². The molecule has 4 heteroatoms. The second-order valence-corrected chi connectivity index (χ2v) is 21.4. The van der Waals surface area contributed by atoms with Crippen molar-refractivity contribution in [2.75, 3.05) is 0 Å². The van der Waals surface area contributed by atoms with Crippen molar-refractivity contribution in [1.29, 1.82) is 5.26 Å². The maximum atomic E-state index is 10.2. The third-order valence-corrected chi connectivity index (χ3v) is 18.2. The van der Waals surface area contributed by atoms with Crippen LogP contribution in [0.2, 0.25) is 0 Å². The molecule has 4 bridgehead atoms. The molecule has 9 aromatic carbocycles. The number of aromatic nitrogens is 3. The number of hydrogen-bond acceptors (Lipinski definition) is 4. The Morgan fingerprint density at radius 2 is 0.831 bits per heavy atom. The topological polar surface area (TPSA) is 62.5 Å². The van der Waals surface area contributed by atoms with Crippen LogP contribution in [0.4, 0.5) is 0 Å². The van der Waals surface area contributed by atoms with E-state index in [1.807, 2.05) is 6.07 Å². The SMILES string of the molecule is N#Cc1ccc2c(c1)C1(c3cc(-c4cccc(-c5nc(-c6ccc7c(c6)C6(c8ccccc8-c8ccccc86)c6ccccc6-7)nc(-c6cccc7ccccc67)n5)c4)ccc3-2)C2CC3CC(C2)CC1C3. The van der Waals surface area contributed by atoms with Crippen molar-refractivity contribution in [3.8, 4) is 84.7 Å². The van der Waals surface area contributed by atoms with Crippen LogP contribution in [0.5, 0.6) is 0 Å². The largest absolute Gasteiger partial charge is 0.208 e. The molecular weight excluding hydrogens is 861 g/mol. The van der Waals surface area contributed by atoms with E-state index in [0.717, 1.165) is 50.4 Å². The Morgan fingerprint density at radius 1 is 0.366 bits per heavy atom. The van der Waals surface area contributed by atoms with Crippen LogP contribution in [-0.2, 0) is 10.8 Å². The van der Waals surface area contributed by atoms with Crippen LogP contribution in [0.3, 0.4) is 0 Å². The normalized spacial score (nSPS) is 21.7. The summed E-state index contributed by atoms with van der Waals surface area (Å²) in [6.45, 7) is 0. The number of benzene rings is 9. The molecule has 7 aliphatic carbocycles. The van der Waals surface area contributed by atoms with Gasteiger partial charge in [-0.2, -0.15) is 5.26 Å². The third-order valence-electron chi connectivity index (χ3n) is 18.2. The zero-order valence-corrected chi connectivity index (χ0v) is 39.1. The van der Waals surface area contributed by atoms with E-state index in [1.54, 1.807) is 0 Å². The fourth-order valence-corrected chi connectivity index (χ4v) is 15.7. The molecule has 1 aromatic heterocycles. The summed E-state index contributed by atoms with van der Waals surface area (Å²) in [4.78, 5) is 16.3. The van der Waals surface area contributed by atoms with Gasteiger partial charge in [-0.15, -0.1) is 0 Å². The zero-order chi connectivity index (χ0) is 46.6. The van der Waals surface area contributed by atoms with Gasteiger partial charge in [-0.05, 0) is 175 Å². The number of nitriles is 1. The van der Waals surface area contributed by atoms with E-state index in [9.17, 15) is 5.26 Å². The van der Waals surface area contributed by atoms with Crippen molar-refractivity contribution in [2.24, 2.45) is 23.7 Å². The Labute approximate surface area is 413 Å². The minimum absolute atomic E-state index is 0.0481. The van der Waals surface area contributed by atoms with E-state index in [-0.39, 0.29) is 5.41 Å². The van der Waals surface area contributed by atoms with Crippen LogP contribution in [0.15, 0.2) is 194 Å². The predicted octanol–water partition coefficient (Wildman–Crippen LogP) is 15.6. The molecule has 4 fully saturated rings. The first kappa shape index (κ1) is 39.6. The third kappa shape index (κ3) is 5.26. The smallest absolute Gasteiger partial charge is 0.164 e. The molecule has 71 heavy (non-hydrogen) atoms. The number of hydrogen-bond donors (Lipinski definition) is 0. The van der Waals surface area contributed by atoms with E-state index >= 15 is 0 Å². The van der Waals surface area contributed by atoms with Crippen molar-refractivity contribution < 1.29 is 0 Å². The number of rotatable bonds is 4. The van der Waals surface area contributed by atoms with Gasteiger partial charge in [0.1, 0.15) is 0 Å². The molecule has 0 atom stereocenters. The second-order valence-electron chi connectivity index (χ2n) is 21.4. The molecule has 4 saturated carbocycles. The lowest BCUT2D eigenvalue weighted by Crippen LogP contribution is -2.55. The van der Waals surface area contributed by atoms with Crippen molar-refractivity contribution in [3.05, 3.63) is 233 Å². The molecule has 0 saturated heterocycles. The number of fused-ring (bicyclic) bond motifs is 14. The molecule has 2 spiro atoms. The van der Waals surface area contributed by atoms with Crippen LogP contribution in [0.1, 0.15) is 71.0 Å². The minimum atomic E-state index is -0.484. The minimum Gasteiger partial charge on any atom is -0.208 e. The van der Waals surface area contributed by atoms with Crippen LogP contribution in [-0.4, -0.2) is 15.0 Å². The van der Waals surface area contributed by atoms with Gasteiger partial charge in [-0.25, -0.2) is 15.0 Å². The van der Waals surface area contributed by atoms with Gasteiger partial charge in [-0.3, -0.25) is 0 Å².